The first-order valence-corrected chi connectivity index (χ1v) is 5.86. The molecule has 1 saturated carbocycles. The summed E-state index contributed by atoms with van der Waals surface area (Å²) in [7, 11) is 0. The second kappa shape index (κ2) is 4.21. The van der Waals surface area contributed by atoms with Gasteiger partial charge in [0.2, 0.25) is 0 Å². The van der Waals surface area contributed by atoms with Gasteiger partial charge in [0, 0.05) is 6.42 Å². The van der Waals surface area contributed by atoms with E-state index in [2.05, 4.69) is 33.0 Å². The van der Waals surface area contributed by atoms with Crippen molar-refractivity contribution in [3.05, 3.63) is 0 Å². The Morgan fingerprint density at radius 1 is 1.06 bits per heavy atom. The van der Waals surface area contributed by atoms with Crippen molar-refractivity contribution in [2.24, 2.45) is 16.7 Å². The summed E-state index contributed by atoms with van der Waals surface area (Å²) < 4.78 is 35.6. The molecule has 96 valence electrons. The third-order valence-corrected chi connectivity index (χ3v) is 4.48. The predicted octanol–water partition coefficient (Wildman–Crippen LogP) is 3.60. The Morgan fingerprint density at radius 3 is 1.94 bits per heavy atom. The molecule has 1 fully saturated rings. The van der Waals surface area contributed by atoms with E-state index < -0.39 is 12.6 Å². The molecule has 0 heterocycles. The van der Waals surface area contributed by atoms with Crippen LogP contribution in [0.3, 0.4) is 0 Å². The van der Waals surface area contributed by atoms with Crippen LogP contribution in [0.2, 0.25) is 0 Å². The highest BCUT2D eigenvalue weighted by Gasteiger charge is 2.63. The Bertz CT molecular complexity index is 229. The highest BCUT2D eigenvalue weighted by molar-refractivity contribution is 5.12. The van der Waals surface area contributed by atoms with E-state index >= 15 is 0 Å². The molecule has 0 aromatic rings. The summed E-state index contributed by atoms with van der Waals surface area (Å²) >= 11 is 0. The van der Waals surface area contributed by atoms with E-state index in [-0.39, 0.29) is 6.42 Å². The zero-order valence-corrected chi connectivity index (χ0v) is 10.5. The van der Waals surface area contributed by atoms with Crippen molar-refractivity contribution in [3.8, 4) is 0 Å². The molecule has 0 unspecified atom stereocenters. The standard InChI is InChI=1S/C12H22F3N/c1-10(2)9(11(10,3)4)8-16-7-5-6-12(13,14)15/h9,16H,5-8H2,1-4H3. The lowest BCUT2D eigenvalue weighted by atomic mass is 10.0. The summed E-state index contributed by atoms with van der Waals surface area (Å²) in [6, 6.07) is 0. The highest BCUT2D eigenvalue weighted by atomic mass is 19.4. The molecule has 0 atom stereocenters. The molecule has 0 bridgehead atoms. The van der Waals surface area contributed by atoms with E-state index in [9.17, 15) is 13.2 Å². The maximum absolute atomic E-state index is 11.9. The molecule has 1 rings (SSSR count). The average Bonchev–Trinajstić information content (AvgIpc) is 2.44. The first-order valence-electron chi connectivity index (χ1n) is 5.86. The maximum atomic E-state index is 11.9. The van der Waals surface area contributed by atoms with Gasteiger partial charge in [0.05, 0.1) is 0 Å². The van der Waals surface area contributed by atoms with E-state index in [1.807, 2.05) is 0 Å². The second-order valence-corrected chi connectivity index (χ2v) is 5.92. The van der Waals surface area contributed by atoms with Crippen LogP contribution < -0.4 is 5.32 Å². The molecule has 0 radical (unpaired) electrons. The van der Waals surface area contributed by atoms with Crippen LogP contribution in [0.5, 0.6) is 0 Å². The number of alkyl halides is 3. The molecule has 0 saturated heterocycles. The number of hydrogen-bond acceptors (Lipinski definition) is 1. The Labute approximate surface area is 95.8 Å². The largest absolute Gasteiger partial charge is 0.389 e. The minimum atomic E-state index is -4.01. The number of hydrogen-bond donors (Lipinski definition) is 1. The molecule has 1 aliphatic rings. The predicted molar refractivity (Wildman–Crippen MR) is 59.2 cm³/mol. The zero-order chi connectivity index (χ0) is 12.6. The third kappa shape index (κ3) is 2.90. The summed E-state index contributed by atoms with van der Waals surface area (Å²) in [5, 5.41) is 3.13. The lowest BCUT2D eigenvalue weighted by Crippen LogP contribution is -2.22. The van der Waals surface area contributed by atoms with Crippen LogP contribution in [0, 0.1) is 16.7 Å². The highest BCUT2D eigenvalue weighted by Crippen LogP contribution is 2.67. The molecule has 0 aliphatic heterocycles. The van der Waals surface area contributed by atoms with Gasteiger partial charge in [-0.3, -0.25) is 0 Å². The summed E-state index contributed by atoms with van der Waals surface area (Å²) in [5.74, 6) is 0.575. The van der Waals surface area contributed by atoms with Gasteiger partial charge in [-0.2, -0.15) is 13.2 Å². The van der Waals surface area contributed by atoms with Crippen molar-refractivity contribution < 1.29 is 13.2 Å². The molecule has 1 nitrogen and oxygen atoms in total. The van der Waals surface area contributed by atoms with Crippen LogP contribution in [-0.2, 0) is 0 Å². The number of rotatable bonds is 5. The van der Waals surface area contributed by atoms with Gasteiger partial charge in [-0.05, 0) is 36.3 Å². The van der Waals surface area contributed by atoms with Crippen LogP contribution in [0.25, 0.3) is 0 Å². The molecule has 0 aromatic heterocycles. The first-order chi connectivity index (χ1) is 7.09. The van der Waals surface area contributed by atoms with Gasteiger partial charge < -0.3 is 5.32 Å². The summed E-state index contributed by atoms with van der Waals surface area (Å²) in [6.07, 6.45) is -4.52. The SMILES string of the molecule is CC1(C)C(CNCCCC(F)(F)F)C1(C)C. The molecular weight excluding hydrogens is 215 g/mol. The Morgan fingerprint density at radius 2 is 1.56 bits per heavy atom. The maximum Gasteiger partial charge on any atom is 0.389 e. The van der Waals surface area contributed by atoms with Crippen molar-refractivity contribution in [3.63, 3.8) is 0 Å². The van der Waals surface area contributed by atoms with Gasteiger partial charge in [-0.25, -0.2) is 0 Å². The van der Waals surface area contributed by atoms with Crippen LogP contribution >= 0.6 is 0 Å². The van der Waals surface area contributed by atoms with Crippen molar-refractivity contribution >= 4 is 0 Å². The molecule has 1 N–H and O–H groups in total. The molecule has 0 amide bonds. The van der Waals surface area contributed by atoms with Crippen molar-refractivity contribution in [1.82, 2.24) is 5.32 Å². The van der Waals surface area contributed by atoms with Gasteiger partial charge in [-0.1, -0.05) is 27.7 Å². The summed E-state index contributed by atoms with van der Waals surface area (Å²) in [4.78, 5) is 0. The van der Waals surface area contributed by atoms with Gasteiger partial charge in [0.25, 0.3) is 0 Å². The van der Waals surface area contributed by atoms with E-state index in [0.29, 0.717) is 23.3 Å². The van der Waals surface area contributed by atoms with Crippen molar-refractivity contribution in [2.75, 3.05) is 13.1 Å². The normalized spacial score (nSPS) is 23.4. The molecule has 0 spiro atoms. The number of halogens is 3. The smallest absolute Gasteiger partial charge is 0.316 e. The quantitative estimate of drug-likeness (QED) is 0.720. The van der Waals surface area contributed by atoms with Gasteiger partial charge in [0.1, 0.15) is 0 Å². The van der Waals surface area contributed by atoms with E-state index in [1.165, 1.54) is 0 Å². The third-order valence-electron chi connectivity index (χ3n) is 4.48. The number of nitrogens with one attached hydrogen (secondary N) is 1. The summed E-state index contributed by atoms with van der Waals surface area (Å²) in [6.45, 7) is 10.2. The minimum Gasteiger partial charge on any atom is -0.316 e. The van der Waals surface area contributed by atoms with E-state index in [1.54, 1.807) is 0 Å². The zero-order valence-electron chi connectivity index (χ0n) is 10.5. The topological polar surface area (TPSA) is 12.0 Å². The van der Waals surface area contributed by atoms with E-state index in [4.69, 9.17) is 0 Å². The Hall–Kier alpha value is -0.250. The van der Waals surface area contributed by atoms with Crippen LogP contribution in [-0.4, -0.2) is 19.3 Å². The van der Waals surface area contributed by atoms with Crippen LogP contribution in [0.15, 0.2) is 0 Å². The molecule has 0 aromatic carbocycles. The Kier molecular flexibility index (Phi) is 3.63. The van der Waals surface area contributed by atoms with Gasteiger partial charge >= 0.3 is 6.18 Å². The van der Waals surface area contributed by atoms with Crippen LogP contribution in [0.4, 0.5) is 13.2 Å². The fraction of sp³-hybridized carbons (Fsp3) is 1.00. The molecule has 16 heavy (non-hydrogen) atoms. The molecular formula is C12H22F3N. The fourth-order valence-corrected chi connectivity index (χ4v) is 2.50. The summed E-state index contributed by atoms with van der Waals surface area (Å²) in [5.41, 5.74) is 0.619. The lowest BCUT2D eigenvalue weighted by Gasteiger charge is -2.08. The first kappa shape index (κ1) is 13.8. The fourth-order valence-electron chi connectivity index (χ4n) is 2.50. The molecule has 1 aliphatic carbocycles. The van der Waals surface area contributed by atoms with Crippen LogP contribution in [0.1, 0.15) is 40.5 Å². The van der Waals surface area contributed by atoms with Crippen molar-refractivity contribution in [1.29, 1.82) is 0 Å². The van der Waals surface area contributed by atoms with E-state index in [0.717, 1.165) is 6.54 Å². The van der Waals surface area contributed by atoms with Gasteiger partial charge in [0.15, 0.2) is 0 Å². The van der Waals surface area contributed by atoms with Gasteiger partial charge in [-0.15, -0.1) is 0 Å². The average molecular weight is 237 g/mol. The second-order valence-electron chi connectivity index (χ2n) is 5.92. The monoisotopic (exact) mass is 237 g/mol. The minimum absolute atomic E-state index is 0.178. The van der Waals surface area contributed by atoms with Crippen molar-refractivity contribution in [2.45, 2.75) is 46.7 Å². The Balaban J connectivity index is 2.10. The lowest BCUT2D eigenvalue weighted by molar-refractivity contribution is -0.135. The molecule has 4 heteroatoms.